The monoisotopic (exact) mass is 532 g/mol. The lowest BCUT2D eigenvalue weighted by Crippen LogP contribution is -2.23. The van der Waals surface area contributed by atoms with Gasteiger partial charge in [-0.3, -0.25) is 4.99 Å². The number of aromatic nitrogens is 2. The lowest BCUT2D eigenvalue weighted by Gasteiger charge is -2.15. The number of carboxylic acids is 1. The third-order valence-electron chi connectivity index (χ3n) is 6.09. The highest BCUT2D eigenvalue weighted by atomic mass is 35.5. The van der Waals surface area contributed by atoms with Crippen LogP contribution in [0.15, 0.2) is 65.8 Å². The van der Waals surface area contributed by atoms with Crippen LogP contribution in [0.2, 0.25) is 5.02 Å². The molecular weight excluding hydrogens is 509 g/mol. The molecule has 0 spiro atoms. The number of hydrogen-bond donors (Lipinski definition) is 0. The lowest BCUT2D eigenvalue weighted by molar-refractivity contribution is -0.255. The third-order valence-corrected chi connectivity index (χ3v) is 6.33. The molecule has 0 fully saturated rings. The standard InChI is InChI=1S/C28H21ClFN3O4.CH4/c1-36-22-5-3-4-21(30)25(22)27-20-12-17(29)7-9-18(20)26-16(14-32-27)13-31-24(33-26)11-15-6-8-19(28(34)35)23(10-15)37-2;/h3-10,12-13H,11,14H2,1-2H3,(H,34,35);1H4/p-1. The van der Waals surface area contributed by atoms with Gasteiger partial charge in [0.1, 0.15) is 23.1 Å². The molecular formula is C29H24ClFN3O4-. The zero-order valence-electron chi connectivity index (χ0n) is 19.9. The SMILES string of the molecule is C.COc1cc(Cc2ncc3c(n2)-c2ccc(Cl)cc2C(c2c(F)cccc2OC)=NC3)ccc1C(=O)[O-]. The van der Waals surface area contributed by atoms with Gasteiger partial charge >= 0.3 is 0 Å². The van der Waals surface area contributed by atoms with Crippen molar-refractivity contribution in [2.24, 2.45) is 4.99 Å². The van der Waals surface area contributed by atoms with Gasteiger partial charge in [-0.1, -0.05) is 37.2 Å². The Morgan fingerprint density at radius 2 is 1.84 bits per heavy atom. The topological polar surface area (TPSA) is 96.7 Å². The number of nitrogens with zero attached hydrogens (tertiary/aromatic N) is 3. The number of ether oxygens (including phenoxy) is 2. The van der Waals surface area contributed by atoms with Crippen LogP contribution in [0.5, 0.6) is 11.5 Å². The minimum absolute atomic E-state index is 0. The maximum atomic E-state index is 15.1. The third kappa shape index (κ3) is 4.95. The molecule has 0 saturated carbocycles. The van der Waals surface area contributed by atoms with Crippen LogP contribution < -0.4 is 14.6 Å². The van der Waals surface area contributed by atoms with Crippen molar-refractivity contribution >= 4 is 23.3 Å². The van der Waals surface area contributed by atoms with Gasteiger partial charge in [0, 0.05) is 39.9 Å². The van der Waals surface area contributed by atoms with E-state index in [1.807, 2.05) is 6.07 Å². The number of carbonyl (C=O) groups excluding carboxylic acids is 1. The van der Waals surface area contributed by atoms with E-state index in [0.717, 1.165) is 16.7 Å². The molecule has 2 heterocycles. The summed E-state index contributed by atoms with van der Waals surface area (Å²) in [5, 5.41) is 11.8. The first kappa shape index (κ1) is 26.8. The number of methoxy groups -OCH3 is 2. The molecule has 5 rings (SSSR count). The minimum Gasteiger partial charge on any atom is -0.545 e. The number of carboxylic acid groups (broad SMARTS) is 1. The normalized spacial score (nSPS) is 11.8. The van der Waals surface area contributed by atoms with Gasteiger partial charge in [0.15, 0.2) is 0 Å². The van der Waals surface area contributed by atoms with Crippen molar-refractivity contribution in [2.75, 3.05) is 14.2 Å². The van der Waals surface area contributed by atoms with E-state index in [2.05, 4.69) is 4.98 Å². The largest absolute Gasteiger partial charge is 0.545 e. The molecule has 38 heavy (non-hydrogen) atoms. The van der Waals surface area contributed by atoms with E-state index in [-0.39, 0.29) is 30.8 Å². The summed E-state index contributed by atoms with van der Waals surface area (Å²) in [6, 6.07) is 14.7. The number of aliphatic imine (C=N–C) groups is 1. The molecule has 0 aliphatic carbocycles. The quantitative estimate of drug-likeness (QED) is 0.350. The predicted molar refractivity (Wildman–Crippen MR) is 142 cm³/mol. The summed E-state index contributed by atoms with van der Waals surface area (Å²) in [6.45, 7) is 0.225. The van der Waals surface area contributed by atoms with Gasteiger partial charge in [-0.15, -0.1) is 0 Å². The van der Waals surface area contributed by atoms with Crippen molar-refractivity contribution in [1.29, 1.82) is 0 Å². The van der Waals surface area contributed by atoms with Crippen molar-refractivity contribution in [2.45, 2.75) is 20.4 Å². The second-order valence-corrected chi connectivity index (χ2v) is 8.77. The molecule has 0 saturated heterocycles. The number of aromatic carboxylic acids is 1. The Hall–Kier alpha value is -4.30. The highest BCUT2D eigenvalue weighted by Gasteiger charge is 2.25. The average Bonchev–Trinajstić information content (AvgIpc) is 3.04. The van der Waals surface area contributed by atoms with Crippen molar-refractivity contribution in [1.82, 2.24) is 9.97 Å². The van der Waals surface area contributed by atoms with Crippen LogP contribution in [0, 0.1) is 5.82 Å². The van der Waals surface area contributed by atoms with Crippen molar-refractivity contribution in [3.05, 3.63) is 105 Å². The fourth-order valence-electron chi connectivity index (χ4n) is 4.36. The summed E-state index contributed by atoms with van der Waals surface area (Å²) in [4.78, 5) is 25.4. The number of hydrogen-bond acceptors (Lipinski definition) is 7. The van der Waals surface area contributed by atoms with E-state index >= 15 is 4.39 Å². The highest BCUT2D eigenvalue weighted by Crippen LogP contribution is 2.36. The Morgan fingerprint density at radius 1 is 1.05 bits per heavy atom. The Bertz CT molecular complexity index is 1570. The maximum Gasteiger partial charge on any atom is 0.136 e. The first-order valence-electron chi connectivity index (χ1n) is 11.3. The second kappa shape index (κ2) is 11.0. The summed E-state index contributed by atoms with van der Waals surface area (Å²) in [5.41, 5.74) is 4.16. The minimum atomic E-state index is -1.32. The van der Waals surface area contributed by atoms with Crippen LogP contribution >= 0.6 is 11.6 Å². The summed E-state index contributed by atoms with van der Waals surface area (Å²) < 4.78 is 25.7. The first-order valence-corrected chi connectivity index (χ1v) is 11.7. The molecule has 9 heteroatoms. The number of fused-ring (bicyclic) bond motifs is 3. The first-order chi connectivity index (χ1) is 17.9. The Balaban J connectivity index is 0.00000336. The predicted octanol–water partition coefficient (Wildman–Crippen LogP) is 4.89. The number of rotatable bonds is 6. The highest BCUT2D eigenvalue weighted by molar-refractivity contribution is 6.31. The molecule has 3 aromatic carbocycles. The molecule has 7 nitrogen and oxygen atoms in total. The van der Waals surface area contributed by atoms with Crippen LogP contribution in [0.1, 0.15) is 45.9 Å². The molecule has 0 amide bonds. The van der Waals surface area contributed by atoms with E-state index in [1.165, 1.54) is 26.4 Å². The Labute approximate surface area is 224 Å². The molecule has 1 aliphatic heterocycles. The van der Waals surface area contributed by atoms with Crippen molar-refractivity contribution in [3.8, 4) is 22.8 Å². The molecule has 1 aromatic heterocycles. The Morgan fingerprint density at radius 3 is 2.58 bits per heavy atom. The van der Waals surface area contributed by atoms with Crippen LogP contribution in [0.4, 0.5) is 4.39 Å². The van der Waals surface area contributed by atoms with Gasteiger partial charge in [0.25, 0.3) is 0 Å². The van der Waals surface area contributed by atoms with Crippen molar-refractivity contribution < 1.29 is 23.8 Å². The zero-order valence-corrected chi connectivity index (χ0v) is 20.7. The van der Waals surface area contributed by atoms with E-state index in [1.54, 1.807) is 42.6 Å². The molecule has 0 bridgehead atoms. The van der Waals surface area contributed by atoms with Crippen LogP contribution in [-0.4, -0.2) is 35.9 Å². The van der Waals surface area contributed by atoms with E-state index in [9.17, 15) is 9.90 Å². The average molecular weight is 533 g/mol. The molecule has 194 valence electrons. The summed E-state index contributed by atoms with van der Waals surface area (Å²) in [7, 11) is 2.88. The van der Waals surface area contributed by atoms with Gasteiger partial charge in [0.05, 0.1) is 43.7 Å². The van der Waals surface area contributed by atoms with Crippen LogP contribution in [0.25, 0.3) is 11.3 Å². The number of benzene rings is 3. The molecule has 0 atom stereocenters. The zero-order chi connectivity index (χ0) is 26.1. The van der Waals surface area contributed by atoms with Crippen LogP contribution in [0.3, 0.4) is 0 Å². The van der Waals surface area contributed by atoms with E-state index < -0.39 is 11.8 Å². The summed E-state index contributed by atoms with van der Waals surface area (Å²) >= 11 is 6.35. The van der Waals surface area contributed by atoms with Gasteiger partial charge in [0.2, 0.25) is 0 Å². The molecule has 0 radical (unpaired) electrons. The summed E-state index contributed by atoms with van der Waals surface area (Å²) in [6.07, 6.45) is 2.03. The van der Waals surface area contributed by atoms with Gasteiger partial charge in [-0.25, -0.2) is 14.4 Å². The smallest absolute Gasteiger partial charge is 0.136 e. The fourth-order valence-corrected chi connectivity index (χ4v) is 4.53. The van der Waals surface area contributed by atoms with E-state index in [4.69, 9.17) is 31.1 Å². The molecule has 4 aromatic rings. The van der Waals surface area contributed by atoms with Gasteiger partial charge < -0.3 is 19.4 Å². The lowest BCUT2D eigenvalue weighted by atomic mass is 9.94. The van der Waals surface area contributed by atoms with Crippen molar-refractivity contribution in [3.63, 3.8) is 0 Å². The van der Waals surface area contributed by atoms with E-state index in [0.29, 0.717) is 40.0 Å². The Kier molecular flexibility index (Phi) is 7.73. The van der Waals surface area contributed by atoms with Gasteiger partial charge in [-0.05, 0) is 42.0 Å². The molecule has 1 aliphatic rings. The number of halogens is 2. The second-order valence-electron chi connectivity index (χ2n) is 8.33. The fraction of sp³-hybridized carbons (Fsp3) is 0.172. The van der Waals surface area contributed by atoms with Gasteiger partial charge in [-0.2, -0.15) is 0 Å². The summed E-state index contributed by atoms with van der Waals surface area (Å²) in [5.74, 6) is -0.715. The molecule has 0 unspecified atom stereocenters. The van der Waals surface area contributed by atoms with Crippen LogP contribution in [-0.2, 0) is 13.0 Å². The molecule has 0 N–H and O–H groups in total. The maximum absolute atomic E-state index is 15.1. The number of carbonyl (C=O) groups is 1.